The van der Waals surface area contributed by atoms with Crippen LogP contribution in [0, 0.1) is 23.1 Å². The zero-order chi connectivity index (χ0) is 27.8. The second kappa shape index (κ2) is 11.1. The third-order valence-corrected chi connectivity index (χ3v) is 8.26. The summed E-state index contributed by atoms with van der Waals surface area (Å²) in [6.45, 7) is 5.55. The van der Waals surface area contributed by atoms with Gasteiger partial charge in [-0.05, 0) is 30.8 Å². The minimum Gasteiger partial charge on any atom is -0.462 e. The van der Waals surface area contributed by atoms with Crippen molar-refractivity contribution >= 4 is 39.1 Å². The number of nitrogens with one attached hydrogen (secondary N) is 1. The lowest BCUT2D eigenvalue weighted by Crippen LogP contribution is -2.51. The Labute approximate surface area is 237 Å². The predicted octanol–water partition coefficient (Wildman–Crippen LogP) is 5.05. The highest BCUT2D eigenvalue weighted by atomic mass is 35.5. The molecule has 40 heavy (non-hydrogen) atoms. The number of hydrogen-bond acceptors (Lipinski definition) is 8. The summed E-state index contributed by atoms with van der Waals surface area (Å²) < 4.78 is 22.6. The first kappa shape index (κ1) is 26.6. The lowest BCUT2D eigenvalue weighted by atomic mass is 10.0. The number of benzene rings is 2. The van der Waals surface area contributed by atoms with Crippen molar-refractivity contribution in [2.24, 2.45) is 5.92 Å². The molecule has 0 bridgehead atoms. The molecule has 0 aliphatic carbocycles. The molecule has 2 fully saturated rings. The number of likely N-dealkylation sites (N-methyl/N-ethyl adjacent to an activating group) is 1. The Bertz CT molecular complexity index is 1600. The smallest absolute Gasteiger partial charge is 0.319 e. The number of nitriles is 1. The van der Waals surface area contributed by atoms with E-state index in [2.05, 4.69) is 45.1 Å². The highest BCUT2D eigenvalue weighted by molar-refractivity contribution is 6.36. The Morgan fingerprint density at radius 3 is 2.80 bits per heavy atom. The number of pyridine rings is 1. The van der Waals surface area contributed by atoms with Gasteiger partial charge in [0.2, 0.25) is 0 Å². The number of hydrogen-bond donors (Lipinski definition) is 1. The molecule has 2 aliphatic rings. The summed E-state index contributed by atoms with van der Waals surface area (Å²) in [6.07, 6.45) is 3.03. The molecule has 2 saturated heterocycles. The van der Waals surface area contributed by atoms with Crippen molar-refractivity contribution in [2.75, 3.05) is 44.7 Å². The van der Waals surface area contributed by atoms with Crippen LogP contribution < -0.4 is 15.0 Å². The van der Waals surface area contributed by atoms with Gasteiger partial charge in [-0.2, -0.15) is 15.2 Å². The zero-order valence-electron chi connectivity index (χ0n) is 22.6. The number of piperazine rings is 1. The van der Waals surface area contributed by atoms with Gasteiger partial charge in [-0.1, -0.05) is 48.9 Å². The fourth-order valence-corrected chi connectivity index (χ4v) is 6.28. The van der Waals surface area contributed by atoms with Gasteiger partial charge >= 0.3 is 6.01 Å². The normalized spacial score (nSPS) is 21.7. The third kappa shape index (κ3) is 5.03. The molecule has 0 radical (unpaired) electrons. The quantitative estimate of drug-likeness (QED) is 0.351. The van der Waals surface area contributed by atoms with E-state index in [1.54, 1.807) is 12.3 Å². The average molecular weight is 560 g/mol. The Kier molecular flexibility index (Phi) is 7.41. The molecule has 0 unspecified atom stereocenters. The molecule has 4 heterocycles. The van der Waals surface area contributed by atoms with Crippen LogP contribution in [0.5, 0.6) is 6.01 Å². The number of halogens is 2. The van der Waals surface area contributed by atoms with Gasteiger partial charge < -0.3 is 15.0 Å². The van der Waals surface area contributed by atoms with Crippen molar-refractivity contribution in [2.45, 2.75) is 31.8 Å². The van der Waals surface area contributed by atoms with E-state index in [0.29, 0.717) is 60.4 Å². The fraction of sp³-hybridized carbons (Fsp3) is 0.400. The minimum absolute atomic E-state index is 0.0170. The number of nitrogens with zero attached hydrogens (tertiary/aromatic N) is 6. The first-order valence-electron chi connectivity index (χ1n) is 13.6. The van der Waals surface area contributed by atoms with Gasteiger partial charge in [0, 0.05) is 60.4 Å². The molecule has 2 aliphatic heterocycles. The Hall–Kier alpha value is -3.58. The largest absolute Gasteiger partial charge is 0.462 e. The van der Waals surface area contributed by atoms with E-state index in [0.717, 1.165) is 23.7 Å². The summed E-state index contributed by atoms with van der Waals surface area (Å²) in [4.78, 5) is 18.3. The van der Waals surface area contributed by atoms with E-state index < -0.39 is 5.82 Å². The molecule has 206 valence electrons. The van der Waals surface area contributed by atoms with Gasteiger partial charge in [-0.25, -0.2) is 4.39 Å². The van der Waals surface area contributed by atoms with Crippen LogP contribution in [-0.2, 0) is 0 Å². The van der Waals surface area contributed by atoms with E-state index in [1.807, 2.05) is 30.3 Å². The summed E-state index contributed by atoms with van der Waals surface area (Å²) in [5, 5.41) is 15.3. The average Bonchev–Trinajstić information content (AvgIpc) is 3.28. The number of aromatic nitrogens is 3. The lowest BCUT2D eigenvalue weighted by molar-refractivity contribution is 0.188. The SMILES string of the molecule is C[C@@H]1C[C@@H](COc2nc(N3CCN[C@@H](CC#N)C3)c3cnc(-c4cccc5cccc(Cl)c45)c(F)c3n2)N(C)C1. The second-order valence-electron chi connectivity index (χ2n) is 10.9. The third-order valence-electron chi connectivity index (χ3n) is 7.95. The molecule has 6 rings (SSSR count). The van der Waals surface area contributed by atoms with Gasteiger partial charge in [0.25, 0.3) is 0 Å². The fourth-order valence-electron chi connectivity index (χ4n) is 6.00. The standard InChI is InChI=1S/C30H31ClFN7O/c1-18-13-21(38(2)15-18)17-40-30-36-28-23(29(37-30)39-12-11-34-20(16-39)9-10-33)14-35-27(26(28)32)22-7-3-5-19-6-4-8-24(31)25(19)22/h3-8,14,18,20-21,34H,9,11-13,15-17H2,1-2H3/t18-,20+,21+/m1/s1. The molecule has 3 atom stereocenters. The van der Waals surface area contributed by atoms with Crippen molar-refractivity contribution in [1.82, 2.24) is 25.2 Å². The maximum atomic E-state index is 16.5. The van der Waals surface area contributed by atoms with Gasteiger partial charge in [-0.15, -0.1) is 0 Å². The minimum atomic E-state index is -0.547. The summed E-state index contributed by atoms with van der Waals surface area (Å²) >= 11 is 6.56. The van der Waals surface area contributed by atoms with Crippen LogP contribution in [0.25, 0.3) is 32.9 Å². The van der Waals surface area contributed by atoms with Gasteiger partial charge in [0.05, 0.1) is 17.9 Å². The molecule has 0 saturated carbocycles. The van der Waals surface area contributed by atoms with Gasteiger partial charge in [0.15, 0.2) is 5.82 Å². The Morgan fingerprint density at radius 1 is 1.20 bits per heavy atom. The topological polar surface area (TPSA) is 90.2 Å². The highest BCUT2D eigenvalue weighted by Gasteiger charge is 2.29. The van der Waals surface area contributed by atoms with E-state index in [-0.39, 0.29) is 29.3 Å². The molecule has 2 aromatic carbocycles. The van der Waals surface area contributed by atoms with Crippen LogP contribution in [0.1, 0.15) is 19.8 Å². The van der Waals surface area contributed by atoms with Crippen molar-refractivity contribution in [3.63, 3.8) is 0 Å². The van der Waals surface area contributed by atoms with Gasteiger partial charge in [-0.3, -0.25) is 9.88 Å². The summed E-state index contributed by atoms with van der Waals surface area (Å²) in [6, 6.07) is 13.8. The molecule has 10 heteroatoms. The summed E-state index contributed by atoms with van der Waals surface area (Å²) in [5.41, 5.74) is 0.925. The Morgan fingerprint density at radius 2 is 2.02 bits per heavy atom. The number of anilines is 1. The molecular weight excluding hydrogens is 529 g/mol. The Balaban J connectivity index is 1.46. The molecule has 4 aromatic rings. The van der Waals surface area contributed by atoms with Crippen molar-refractivity contribution in [3.05, 3.63) is 53.4 Å². The molecule has 1 N–H and O–H groups in total. The monoisotopic (exact) mass is 559 g/mol. The summed E-state index contributed by atoms with van der Waals surface area (Å²) in [5.74, 6) is 0.600. The number of ether oxygens (including phenoxy) is 1. The highest BCUT2D eigenvalue weighted by Crippen LogP contribution is 2.37. The van der Waals surface area contributed by atoms with Crippen molar-refractivity contribution in [1.29, 1.82) is 5.26 Å². The van der Waals surface area contributed by atoms with Crippen molar-refractivity contribution in [3.8, 4) is 23.3 Å². The number of rotatable bonds is 6. The van der Waals surface area contributed by atoms with E-state index in [4.69, 9.17) is 21.3 Å². The number of likely N-dealkylation sites (tertiary alicyclic amines) is 1. The lowest BCUT2D eigenvalue weighted by Gasteiger charge is -2.34. The van der Waals surface area contributed by atoms with Crippen LogP contribution in [0.2, 0.25) is 5.02 Å². The molecular formula is C30H31ClFN7O. The molecule has 8 nitrogen and oxygen atoms in total. The summed E-state index contributed by atoms with van der Waals surface area (Å²) in [7, 11) is 2.09. The van der Waals surface area contributed by atoms with Crippen LogP contribution in [0.4, 0.5) is 10.2 Å². The van der Waals surface area contributed by atoms with Crippen LogP contribution in [0.15, 0.2) is 42.6 Å². The van der Waals surface area contributed by atoms with Crippen LogP contribution >= 0.6 is 11.6 Å². The molecule has 2 aromatic heterocycles. The molecule has 0 spiro atoms. The molecule has 0 amide bonds. The zero-order valence-corrected chi connectivity index (χ0v) is 23.3. The first-order valence-corrected chi connectivity index (χ1v) is 14.0. The van der Waals surface area contributed by atoms with Gasteiger partial charge in [0.1, 0.15) is 23.6 Å². The van der Waals surface area contributed by atoms with Crippen LogP contribution in [-0.4, -0.2) is 71.8 Å². The van der Waals surface area contributed by atoms with Crippen LogP contribution in [0.3, 0.4) is 0 Å². The number of fused-ring (bicyclic) bond motifs is 2. The van der Waals surface area contributed by atoms with E-state index in [1.165, 1.54) is 0 Å². The first-order chi connectivity index (χ1) is 19.4. The van der Waals surface area contributed by atoms with Crippen molar-refractivity contribution < 1.29 is 9.13 Å². The van der Waals surface area contributed by atoms with E-state index in [9.17, 15) is 5.26 Å². The second-order valence-corrected chi connectivity index (χ2v) is 11.3. The maximum absolute atomic E-state index is 16.5. The van der Waals surface area contributed by atoms with E-state index >= 15 is 4.39 Å². The maximum Gasteiger partial charge on any atom is 0.319 e. The predicted molar refractivity (Wildman–Crippen MR) is 155 cm³/mol.